The van der Waals surface area contributed by atoms with E-state index in [4.69, 9.17) is 13.9 Å². The van der Waals surface area contributed by atoms with Gasteiger partial charge >= 0.3 is 5.97 Å². The number of carbonyl (C=O) groups is 1. The predicted molar refractivity (Wildman–Crippen MR) is 131 cm³/mol. The lowest BCUT2D eigenvalue weighted by Gasteiger charge is -2.22. The Bertz CT molecular complexity index is 1190. The third kappa shape index (κ3) is 5.86. The fraction of sp³-hybridized carbons (Fsp3) is 0.259. The third-order valence-corrected chi connectivity index (χ3v) is 5.41. The van der Waals surface area contributed by atoms with Crippen LogP contribution in [0.5, 0.6) is 11.5 Å². The molecule has 7 heteroatoms. The molecule has 3 aromatic carbocycles. The molecule has 0 saturated heterocycles. The molecule has 7 nitrogen and oxygen atoms in total. The van der Waals surface area contributed by atoms with E-state index in [1.54, 1.807) is 12.1 Å². The first-order chi connectivity index (χ1) is 16.4. The number of benzene rings is 3. The lowest BCUT2D eigenvalue weighted by atomic mass is 10.1. The van der Waals surface area contributed by atoms with E-state index in [1.165, 1.54) is 13.8 Å². The monoisotopic (exact) mass is 460 g/mol. The van der Waals surface area contributed by atoms with Crippen LogP contribution >= 0.6 is 0 Å². The average molecular weight is 461 g/mol. The van der Waals surface area contributed by atoms with Gasteiger partial charge in [-0.3, -0.25) is 0 Å². The van der Waals surface area contributed by atoms with Crippen LogP contribution in [0.1, 0.15) is 19.4 Å². The van der Waals surface area contributed by atoms with Crippen molar-refractivity contribution in [1.82, 2.24) is 4.98 Å². The molecule has 4 rings (SSSR count). The summed E-state index contributed by atoms with van der Waals surface area (Å²) in [5.74, 6) is 0.325. The fourth-order valence-electron chi connectivity index (χ4n) is 3.42. The van der Waals surface area contributed by atoms with Gasteiger partial charge in [0.25, 0.3) is 6.01 Å². The first-order valence-corrected chi connectivity index (χ1v) is 11.2. The van der Waals surface area contributed by atoms with Gasteiger partial charge in [0.2, 0.25) is 0 Å². The molecule has 1 N–H and O–H groups in total. The van der Waals surface area contributed by atoms with Crippen LogP contribution in [0.3, 0.4) is 0 Å². The quantitative estimate of drug-likeness (QED) is 0.329. The smallest absolute Gasteiger partial charge is 0.347 e. The summed E-state index contributed by atoms with van der Waals surface area (Å²) in [5.41, 5.74) is 1.36. The number of anilines is 1. The number of aliphatic carboxylic acids is 1. The maximum absolute atomic E-state index is 11.3. The number of ether oxygens (including phenoxy) is 2. The Kier molecular flexibility index (Phi) is 7.01. The Hall–Kier alpha value is -4.00. The SMILES string of the molecule is CC(C)(Oc1ccc(CCN(CCOc2ccccc2)c2nc3ccccc3o2)cc1)C(=O)O. The van der Waals surface area contributed by atoms with Gasteiger partial charge in [0, 0.05) is 6.54 Å². The van der Waals surface area contributed by atoms with Crippen LogP contribution in [0.25, 0.3) is 11.1 Å². The van der Waals surface area contributed by atoms with Crippen LogP contribution in [0, 0.1) is 0 Å². The molecule has 0 aliphatic carbocycles. The third-order valence-electron chi connectivity index (χ3n) is 5.41. The molecule has 0 aliphatic heterocycles. The largest absolute Gasteiger partial charge is 0.492 e. The van der Waals surface area contributed by atoms with Crippen molar-refractivity contribution >= 4 is 23.1 Å². The standard InChI is InChI=1S/C27H28N2O5/c1-27(2,25(30)31)34-22-14-12-20(13-15-22)16-17-29(18-19-32-21-8-4-3-5-9-21)26-28-23-10-6-7-11-24(23)33-26/h3-15H,16-19H2,1-2H3,(H,30,31). The zero-order valence-corrected chi connectivity index (χ0v) is 19.3. The van der Waals surface area contributed by atoms with E-state index >= 15 is 0 Å². The lowest BCUT2D eigenvalue weighted by molar-refractivity contribution is -0.152. The molecule has 0 aliphatic rings. The highest BCUT2D eigenvalue weighted by atomic mass is 16.5. The molecule has 0 atom stereocenters. The minimum absolute atomic E-state index is 0.486. The first-order valence-electron chi connectivity index (χ1n) is 11.2. The van der Waals surface area contributed by atoms with Crippen molar-refractivity contribution in [1.29, 1.82) is 0 Å². The molecule has 0 unspecified atom stereocenters. The van der Waals surface area contributed by atoms with Crippen LogP contribution in [0.2, 0.25) is 0 Å². The van der Waals surface area contributed by atoms with E-state index in [-0.39, 0.29) is 0 Å². The summed E-state index contributed by atoms with van der Waals surface area (Å²) < 4.78 is 17.5. The van der Waals surface area contributed by atoms with Crippen LogP contribution in [-0.2, 0) is 11.2 Å². The van der Waals surface area contributed by atoms with Crippen LogP contribution in [0.4, 0.5) is 6.01 Å². The van der Waals surface area contributed by atoms with Gasteiger partial charge in [-0.15, -0.1) is 0 Å². The van der Waals surface area contributed by atoms with Gasteiger partial charge in [-0.05, 0) is 62.2 Å². The second-order valence-corrected chi connectivity index (χ2v) is 8.42. The minimum atomic E-state index is -1.29. The topological polar surface area (TPSA) is 85.0 Å². The second kappa shape index (κ2) is 10.3. The Balaban J connectivity index is 1.43. The zero-order valence-electron chi connectivity index (χ0n) is 19.3. The van der Waals surface area contributed by atoms with E-state index in [1.807, 2.05) is 66.7 Å². The summed E-state index contributed by atoms with van der Waals surface area (Å²) in [6, 6.07) is 25.4. The summed E-state index contributed by atoms with van der Waals surface area (Å²) in [4.78, 5) is 18.0. The van der Waals surface area contributed by atoms with Crippen molar-refractivity contribution in [2.75, 3.05) is 24.6 Å². The molecule has 176 valence electrons. The highest BCUT2D eigenvalue weighted by molar-refractivity contribution is 5.76. The molecular formula is C27H28N2O5. The predicted octanol–water partition coefficient (Wildman–Crippen LogP) is 5.20. The molecular weight excluding hydrogens is 432 g/mol. The van der Waals surface area contributed by atoms with Crippen molar-refractivity contribution in [3.8, 4) is 11.5 Å². The molecule has 0 radical (unpaired) electrons. The minimum Gasteiger partial charge on any atom is -0.492 e. The van der Waals surface area contributed by atoms with Gasteiger partial charge in [0.05, 0.1) is 6.54 Å². The zero-order chi connectivity index (χ0) is 24.0. The average Bonchev–Trinajstić information content (AvgIpc) is 3.27. The van der Waals surface area contributed by atoms with Gasteiger partial charge < -0.3 is 23.9 Å². The van der Waals surface area contributed by atoms with Gasteiger partial charge in [-0.2, -0.15) is 4.98 Å². The van der Waals surface area contributed by atoms with Gasteiger partial charge in [-0.25, -0.2) is 4.79 Å². The number of nitrogens with zero attached hydrogens (tertiary/aromatic N) is 2. The first kappa shape index (κ1) is 23.2. The maximum atomic E-state index is 11.3. The number of fused-ring (bicyclic) bond motifs is 1. The Labute approximate surface area is 198 Å². The molecule has 0 bridgehead atoms. The van der Waals surface area contributed by atoms with E-state index < -0.39 is 11.6 Å². The van der Waals surface area contributed by atoms with Crippen molar-refractivity contribution in [3.63, 3.8) is 0 Å². The van der Waals surface area contributed by atoms with Crippen LogP contribution < -0.4 is 14.4 Å². The molecule has 0 spiro atoms. The normalized spacial score (nSPS) is 11.4. The van der Waals surface area contributed by atoms with Crippen molar-refractivity contribution in [2.45, 2.75) is 25.9 Å². The Morgan fingerprint density at radius 1 is 0.941 bits per heavy atom. The Morgan fingerprint density at radius 3 is 2.35 bits per heavy atom. The van der Waals surface area contributed by atoms with Crippen molar-refractivity contribution in [3.05, 3.63) is 84.4 Å². The van der Waals surface area contributed by atoms with E-state index in [9.17, 15) is 9.90 Å². The van der Waals surface area contributed by atoms with E-state index in [2.05, 4.69) is 9.88 Å². The second-order valence-electron chi connectivity index (χ2n) is 8.42. The van der Waals surface area contributed by atoms with Crippen molar-refractivity contribution < 1.29 is 23.8 Å². The lowest BCUT2D eigenvalue weighted by Crippen LogP contribution is -2.37. The summed E-state index contributed by atoms with van der Waals surface area (Å²) in [7, 11) is 0. The molecule has 1 aromatic heterocycles. The number of carboxylic acids is 1. The van der Waals surface area contributed by atoms with Gasteiger partial charge in [0.1, 0.15) is 23.6 Å². The Morgan fingerprint density at radius 2 is 1.65 bits per heavy atom. The number of aromatic nitrogens is 1. The van der Waals surface area contributed by atoms with E-state index in [0.29, 0.717) is 31.5 Å². The molecule has 0 saturated carbocycles. The number of carboxylic acid groups (broad SMARTS) is 1. The number of rotatable bonds is 11. The number of hydrogen-bond donors (Lipinski definition) is 1. The molecule has 0 fully saturated rings. The molecule has 1 heterocycles. The highest BCUT2D eigenvalue weighted by Gasteiger charge is 2.29. The summed E-state index contributed by atoms with van der Waals surface area (Å²) in [6.45, 7) is 4.82. The molecule has 34 heavy (non-hydrogen) atoms. The van der Waals surface area contributed by atoms with Gasteiger partial charge in [0.15, 0.2) is 11.2 Å². The van der Waals surface area contributed by atoms with Crippen molar-refractivity contribution in [2.24, 2.45) is 0 Å². The van der Waals surface area contributed by atoms with Crippen LogP contribution in [0.15, 0.2) is 83.3 Å². The number of hydrogen-bond acceptors (Lipinski definition) is 6. The maximum Gasteiger partial charge on any atom is 0.347 e. The number of para-hydroxylation sites is 3. The molecule has 0 amide bonds. The summed E-state index contributed by atoms with van der Waals surface area (Å²) >= 11 is 0. The molecule has 4 aromatic rings. The summed E-state index contributed by atoms with van der Waals surface area (Å²) in [5, 5.41) is 9.25. The summed E-state index contributed by atoms with van der Waals surface area (Å²) in [6.07, 6.45) is 0.743. The van der Waals surface area contributed by atoms with E-state index in [0.717, 1.165) is 28.8 Å². The van der Waals surface area contributed by atoms with Gasteiger partial charge in [-0.1, -0.05) is 42.5 Å². The fourth-order valence-corrected chi connectivity index (χ4v) is 3.42. The highest BCUT2D eigenvalue weighted by Crippen LogP contribution is 2.23. The number of oxazole rings is 1. The van der Waals surface area contributed by atoms with Crippen LogP contribution in [-0.4, -0.2) is 41.4 Å².